The highest BCUT2D eigenvalue weighted by Gasteiger charge is 2.17. The van der Waals surface area contributed by atoms with Crippen LogP contribution >= 0.6 is 15.9 Å². The van der Waals surface area contributed by atoms with E-state index >= 15 is 0 Å². The number of nitrogens with zero attached hydrogens (tertiary/aromatic N) is 4. The molecule has 1 aliphatic heterocycles. The minimum atomic E-state index is 0.511. The fourth-order valence-electron chi connectivity index (χ4n) is 3.53. The second-order valence-electron chi connectivity index (χ2n) is 6.74. The second kappa shape index (κ2) is 7.56. The van der Waals surface area contributed by atoms with E-state index in [0.717, 1.165) is 29.2 Å². The molecule has 1 saturated heterocycles. The Bertz CT molecular complexity index is 708. The second-order valence-corrected chi connectivity index (χ2v) is 7.59. The van der Waals surface area contributed by atoms with Gasteiger partial charge in [-0.15, -0.1) is 0 Å². The summed E-state index contributed by atoms with van der Waals surface area (Å²) >= 11 is 3.53. The Balaban J connectivity index is 1.44. The normalized spacial score (nSPS) is 17.9. The molecule has 2 N–H and O–H groups in total. The van der Waals surface area contributed by atoms with Gasteiger partial charge in [0.05, 0.1) is 16.4 Å². The predicted octanol–water partition coefficient (Wildman–Crippen LogP) is 4.33. The van der Waals surface area contributed by atoms with E-state index in [4.69, 9.17) is 0 Å². The Labute approximate surface area is 156 Å². The third kappa shape index (κ3) is 4.03. The lowest BCUT2D eigenvalue weighted by Crippen LogP contribution is -2.17. The SMILES string of the molecule is Brc1cnc(Nc2ccc(N3CCCC3)cn2)nc1NC1CCCC1. The summed E-state index contributed by atoms with van der Waals surface area (Å²) in [7, 11) is 0. The number of hydrogen-bond donors (Lipinski definition) is 2. The Morgan fingerprint density at radius 1 is 1.00 bits per heavy atom. The molecule has 2 aromatic heterocycles. The van der Waals surface area contributed by atoms with E-state index in [0.29, 0.717) is 12.0 Å². The van der Waals surface area contributed by atoms with Crippen molar-refractivity contribution in [1.82, 2.24) is 15.0 Å². The summed E-state index contributed by atoms with van der Waals surface area (Å²) in [5.74, 6) is 2.17. The fourth-order valence-corrected chi connectivity index (χ4v) is 3.83. The molecule has 0 radical (unpaired) electrons. The van der Waals surface area contributed by atoms with E-state index < -0.39 is 0 Å². The zero-order chi connectivity index (χ0) is 17.1. The highest BCUT2D eigenvalue weighted by atomic mass is 79.9. The van der Waals surface area contributed by atoms with Gasteiger partial charge in [-0.2, -0.15) is 4.98 Å². The van der Waals surface area contributed by atoms with Crippen LogP contribution in [0, 0.1) is 0 Å². The lowest BCUT2D eigenvalue weighted by atomic mass is 10.2. The van der Waals surface area contributed by atoms with Gasteiger partial charge in [-0.25, -0.2) is 9.97 Å². The molecule has 1 saturated carbocycles. The van der Waals surface area contributed by atoms with Crippen LogP contribution in [0.4, 0.5) is 23.3 Å². The van der Waals surface area contributed by atoms with Gasteiger partial charge in [0.1, 0.15) is 11.6 Å². The van der Waals surface area contributed by atoms with Gasteiger partial charge in [-0.05, 0) is 53.7 Å². The highest BCUT2D eigenvalue weighted by molar-refractivity contribution is 9.10. The van der Waals surface area contributed by atoms with Crippen molar-refractivity contribution in [2.75, 3.05) is 28.6 Å². The Morgan fingerprint density at radius 2 is 1.80 bits per heavy atom. The smallest absolute Gasteiger partial charge is 0.230 e. The molecule has 0 unspecified atom stereocenters. The van der Waals surface area contributed by atoms with Crippen molar-refractivity contribution in [2.24, 2.45) is 0 Å². The van der Waals surface area contributed by atoms with Gasteiger partial charge < -0.3 is 15.5 Å². The third-order valence-electron chi connectivity index (χ3n) is 4.90. The Morgan fingerprint density at radius 3 is 2.52 bits per heavy atom. The zero-order valence-electron chi connectivity index (χ0n) is 14.2. The number of anilines is 4. The van der Waals surface area contributed by atoms with Gasteiger partial charge in [0.15, 0.2) is 0 Å². The monoisotopic (exact) mass is 402 g/mol. The maximum absolute atomic E-state index is 4.60. The molecule has 0 bridgehead atoms. The van der Waals surface area contributed by atoms with E-state index in [1.807, 2.05) is 12.3 Å². The van der Waals surface area contributed by atoms with Crippen molar-refractivity contribution < 1.29 is 0 Å². The first-order valence-corrected chi connectivity index (χ1v) is 9.84. The highest BCUT2D eigenvalue weighted by Crippen LogP contribution is 2.27. The van der Waals surface area contributed by atoms with Crippen molar-refractivity contribution in [1.29, 1.82) is 0 Å². The van der Waals surface area contributed by atoms with Crippen molar-refractivity contribution in [3.63, 3.8) is 0 Å². The molecule has 3 heterocycles. The van der Waals surface area contributed by atoms with Crippen molar-refractivity contribution >= 4 is 39.2 Å². The number of hydrogen-bond acceptors (Lipinski definition) is 6. The Kier molecular flexibility index (Phi) is 5.01. The molecule has 2 aromatic rings. The van der Waals surface area contributed by atoms with Crippen LogP contribution in [0.25, 0.3) is 0 Å². The quantitative estimate of drug-likeness (QED) is 0.775. The molecule has 4 rings (SSSR count). The molecule has 132 valence electrons. The first-order chi connectivity index (χ1) is 12.3. The third-order valence-corrected chi connectivity index (χ3v) is 5.48. The molecule has 0 aromatic carbocycles. The molecular formula is C18H23BrN6. The molecule has 0 amide bonds. The topological polar surface area (TPSA) is 66.0 Å². The van der Waals surface area contributed by atoms with Crippen LogP contribution < -0.4 is 15.5 Å². The van der Waals surface area contributed by atoms with Crippen molar-refractivity contribution in [3.8, 4) is 0 Å². The molecule has 6 nitrogen and oxygen atoms in total. The number of halogens is 1. The van der Waals surface area contributed by atoms with E-state index in [9.17, 15) is 0 Å². The van der Waals surface area contributed by atoms with E-state index in [1.54, 1.807) is 6.20 Å². The lowest BCUT2D eigenvalue weighted by Gasteiger charge is -2.17. The first kappa shape index (κ1) is 16.6. The number of pyridine rings is 1. The van der Waals surface area contributed by atoms with E-state index in [1.165, 1.54) is 44.2 Å². The first-order valence-electron chi connectivity index (χ1n) is 9.05. The van der Waals surface area contributed by atoms with Gasteiger partial charge in [0.2, 0.25) is 5.95 Å². The summed E-state index contributed by atoms with van der Waals surface area (Å²) in [6, 6.07) is 4.61. The summed E-state index contributed by atoms with van der Waals surface area (Å²) < 4.78 is 0.891. The average Bonchev–Trinajstić information content (AvgIpc) is 3.32. The largest absolute Gasteiger partial charge is 0.370 e. The number of nitrogens with one attached hydrogen (secondary N) is 2. The van der Waals surface area contributed by atoms with Gasteiger partial charge in [-0.3, -0.25) is 0 Å². The fraction of sp³-hybridized carbons (Fsp3) is 0.500. The lowest BCUT2D eigenvalue weighted by molar-refractivity contribution is 0.749. The van der Waals surface area contributed by atoms with Crippen LogP contribution in [0.15, 0.2) is 29.0 Å². The molecule has 2 fully saturated rings. The zero-order valence-corrected chi connectivity index (χ0v) is 15.8. The summed E-state index contributed by atoms with van der Waals surface area (Å²) in [5.41, 5.74) is 1.18. The maximum Gasteiger partial charge on any atom is 0.230 e. The molecule has 1 aliphatic carbocycles. The van der Waals surface area contributed by atoms with E-state index in [-0.39, 0.29) is 0 Å². The van der Waals surface area contributed by atoms with Gasteiger partial charge in [-0.1, -0.05) is 12.8 Å². The summed E-state index contributed by atoms with van der Waals surface area (Å²) in [6.07, 6.45) is 11.2. The average molecular weight is 403 g/mol. The molecule has 25 heavy (non-hydrogen) atoms. The van der Waals surface area contributed by atoms with Gasteiger partial charge >= 0.3 is 0 Å². The summed E-state index contributed by atoms with van der Waals surface area (Å²) in [5, 5.41) is 6.72. The van der Waals surface area contributed by atoms with Crippen molar-refractivity contribution in [2.45, 2.75) is 44.6 Å². The Hall–Kier alpha value is -1.89. The number of rotatable bonds is 5. The minimum Gasteiger partial charge on any atom is -0.370 e. The summed E-state index contributed by atoms with van der Waals surface area (Å²) in [4.78, 5) is 15.8. The maximum atomic E-state index is 4.60. The molecule has 7 heteroatoms. The molecule has 0 atom stereocenters. The molecule has 2 aliphatic rings. The molecular weight excluding hydrogens is 380 g/mol. The van der Waals surface area contributed by atoms with Crippen LogP contribution in [-0.2, 0) is 0 Å². The van der Waals surface area contributed by atoms with Crippen molar-refractivity contribution in [3.05, 3.63) is 29.0 Å². The van der Waals surface area contributed by atoms with Crippen LogP contribution in [-0.4, -0.2) is 34.1 Å². The van der Waals surface area contributed by atoms with E-state index in [2.05, 4.69) is 52.5 Å². The number of aromatic nitrogens is 3. The standard InChI is InChI=1S/C18H23BrN6/c19-15-12-21-18(24-17(15)22-13-5-1-2-6-13)23-16-8-7-14(11-20-16)25-9-3-4-10-25/h7-8,11-13H,1-6,9-10H2,(H2,20,21,22,23,24). The van der Waals surface area contributed by atoms with Crippen LogP contribution in [0.5, 0.6) is 0 Å². The van der Waals surface area contributed by atoms with Crippen LogP contribution in [0.3, 0.4) is 0 Å². The molecule has 0 spiro atoms. The van der Waals surface area contributed by atoms with Crippen LogP contribution in [0.2, 0.25) is 0 Å². The van der Waals surface area contributed by atoms with Gasteiger partial charge in [0.25, 0.3) is 0 Å². The van der Waals surface area contributed by atoms with Crippen LogP contribution in [0.1, 0.15) is 38.5 Å². The summed E-state index contributed by atoms with van der Waals surface area (Å²) in [6.45, 7) is 2.25. The van der Waals surface area contributed by atoms with Gasteiger partial charge in [0, 0.05) is 25.3 Å². The minimum absolute atomic E-state index is 0.511. The predicted molar refractivity (Wildman–Crippen MR) is 105 cm³/mol.